The first-order valence-electron chi connectivity index (χ1n) is 6.90. The molecule has 0 saturated heterocycles. The zero-order valence-electron chi connectivity index (χ0n) is 13.3. The standard InChI is InChI=1S/C15H24FN3O2.HI/c1-17-15(18-7-8-21-10-9-20-3)19(2)12-13-5-4-6-14(16)11-13;/h4-6,11H,7-10,12H2,1-3H3,(H,17,18);1H. The van der Waals surface area contributed by atoms with Crippen LogP contribution in [0, 0.1) is 5.82 Å². The average molecular weight is 425 g/mol. The van der Waals surface area contributed by atoms with Gasteiger partial charge >= 0.3 is 0 Å². The third kappa shape index (κ3) is 8.50. The first kappa shape index (κ1) is 21.1. The molecule has 1 rings (SSSR count). The van der Waals surface area contributed by atoms with Crippen molar-refractivity contribution in [1.82, 2.24) is 10.2 Å². The highest BCUT2D eigenvalue weighted by molar-refractivity contribution is 14.0. The van der Waals surface area contributed by atoms with E-state index in [2.05, 4.69) is 10.3 Å². The fraction of sp³-hybridized carbons (Fsp3) is 0.533. The van der Waals surface area contributed by atoms with Crippen LogP contribution in [-0.4, -0.2) is 58.4 Å². The van der Waals surface area contributed by atoms with Crippen LogP contribution < -0.4 is 5.32 Å². The van der Waals surface area contributed by atoms with Crippen molar-refractivity contribution in [3.8, 4) is 0 Å². The van der Waals surface area contributed by atoms with E-state index in [0.717, 1.165) is 11.5 Å². The molecule has 0 saturated carbocycles. The molecule has 0 radical (unpaired) electrons. The average Bonchev–Trinajstić information content (AvgIpc) is 2.46. The van der Waals surface area contributed by atoms with E-state index >= 15 is 0 Å². The minimum absolute atomic E-state index is 0. The minimum atomic E-state index is -0.226. The monoisotopic (exact) mass is 425 g/mol. The fourth-order valence-corrected chi connectivity index (χ4v) is 1.85. The zero-order valence-corrected chi connectivity index (χ0v) is 15.7. The minimum Gasteiger partial charge on any atom is -0.382 e. The largest absolute Gasteiger partial charge is 0.382 e. The van der Waals surface area contributed by atoms with Crippen molar-refractivity contribution in [3.63, 3.8) is 0 Å². The normalized spacial score (nSPS) is 11.0. The van der Waals surface area contributed by atoms with E-state index in [9.17, 15) is 4.39 Å². The number of aliphatic imine (C=N–C) groups is 1. The van der Waals surface area contributed by atoms with Crippen molar-refractivity contribution in [2.75, 3.05) is 47.6 Å². The molecular weight excluding hydrogens is 400 g/mol. The summed E-state index contributed by atoms with van der Waals surface area (Å²) in [5.74, 6) is 0.519. The van der Waals surface area contributed by atoms with Crippen molar-refractivity contribution in [2.24, 2.45) is 4.99 Å². The summed E-state index contributed by atoms with van der Waals surface area (Å²) in [7, 11) is 5.27. The maximum atomic E-state index is 13.2. The highest BCUT2D eigenvalue weighted by atomic mass is 127. The SMILES string of the molecule is CN=C(NCCOCCOC)N(C)Cc1cccc(F)c1.I. The van der Waals surface area contributed by atoms with Gasteiger partial charge in [0.25, 0.3) is 0 Å². The maximum Gasteiger partial charge on any atom is 0.193 e. The first-order valence-corrected chi connectivity index (χ1v) is 6.90. The molecule has 0 spiro atoms. The van der Waals surface area contributed by atoms with E-state index in [0.29, 0.717) is 32.9 Å². The van der Waals surface area contributed by atoms with Crippen LogP contribution in [-0.2, 0) is 16.0 Å². The topological polar surface area (TPSA) is 46.1 Å². The number of hydrogen-bond acceptors (Lipinski definition) is 3. The lowest BCUT2D eigenvalue weighted by Crippen LogP contribution is -2.40. The zero-order chi connectivity index (χ0) is 15.5. The predicted octanol–water partition coefficient (Wildman–Crippen LogP) is 2.11. The quantitative estimate of drug-likeness (QED) is 0.300. The van der Waals surface area contributed by atoms with Crippen molar-refractivity contribution in [2.45, 2.75) is 6.54 Å². The summed E-state index contributed by atoms with van der Waals surface area (Å²) in [5.41, 5.74) is 0.900. The number of rotatable bonds is 8. The number of halogens is 2. The molecular formula is C15H25FIN3O2. The van der Waals surface area contributed by atoms with Gasteiger partial charge in [-0.15, -0.1) is 24.0 Å². The Bertz CT molecular complexity index is 447. The number of ether oxygens (including phenoxy) is 2. The third-order valence-corrected chi connectivity index (χ3v) is 2.84. The lowest BCUT2D eigenvalue weighted by Gasteiger charge is -2.22. The van der Waals surface area contributed by atoms with Crippen molar-refractivity contribution in [1.29, 1.82) is 0 Å². The molecule has 22 heavy (non-hydrogen) atoms. The summed E-state index contributed by atoms with van der Waals surface area (Å²) in [5, 5.41) is 3.20. The Kier molecular flexibility index (Phi) is 12.1. The number of nitrogens with zero attached hydrogens (tertiary/aromatic N) is 2. The van der Waals surface area contributed by atoms with Crippen LogP contribution in [0.15, 0.2) is 29.3 Å². The Balaban J connectivity index is 0.00000441. The molecule has 0 aliphatic heterocycles. The summed E-state index contributed by atoms with van der Waals surface area (Å²) in [6.07, 6.45) is 0. The van der Waals surface area contributed by atoms with Gasteiger partial charge in [-0.25, -0.2) is 4.39 Å². The Labute approximate surface area is 148 Å². The molecule has 0 aliphatic rings. The number of hydrogen-bond donors (Lipinski definition) is 1. The Morgan fingerprint density at radius 1 is 1.32 bits per heavy atom. The van der Waals surface area contributed by atoms with E-state index in [1.54, 1.807) is 20.2 Å². The second-order valence-corrected chi connectivity index (χ2v) is 4.57. The highest BCUT2D eigenvalue weighted by Crippen LogP contribution is 2.06. The van der Waals surface area contributed by atoms with Crippen LogP contribution >= 0.6 is 24.0 Å². The van der Waals surface area contributed by atoms with Gasteiger partial charge < -0.3 is 19.7 Å². The van der Waals surface area contributed by atoms with Gasteiger partial charge in [0.2, 0.25) is 0 Å². The smallest absolute Gasteiger partial charge is 0.193 e. The van der Waals surface area contributed by atoms with Gasteiger partial charge in [-0.3, -0.25) is 4.99 Å². The lowest BCUT2D eigenvalue weighted by molar-refractivity contribution is 0.0731. The van der Waals surface area contributed by atoms with Crippen molar-refractivity contribution >= 4 is 29.9 Å². The molecule has 7 heteroatoms. The second-order valence-electron chi connectivity index (χ2n) is 4.57. The molecule has 1 aromatic rings. The first-order chi connectivity index (χ1) is 10.2. The van der Waals surface area contributed by atoms with Crippen LogP contribution in [0.1, 0.15) is 5.56 Å². The van der Waals surface area contributed by atoms with Crippen LogP contribution in [0.5, 0.6) is 0 Å². The number of methoxy groups -OCH3 is 1. The fourth-order valence-electron chi connectivity index (χ4n) is 1.85. The van der Waals surface area contributed by atoms with Crippen LogP contribution in [0.25, 0.3) is 0 Å². The molecule has 5 nitrogen and oxygen atoms in total. The lowest BCUT2D eigenvalue weighted by atomic mass is 10.2. The molecule has 0 amide bonds. The summed E-state index contributed by atoms with van der Waals surface area (Å²) in [6.45, 7) is 2.99. The van der Waals surface area contributed by atoms with E-state index in [1.165, 1.54) is 12.1 Å². The Hall–Kier alpha value is -0.930. The van der Waals surface area contributed by atoms with E-state index in [-0.39, 0.29) is 29.8 Å². The van der Waals surface area contributed by atoms with Gasteiger partial charge in [0.1, 0.15) is 5.82 Å². The third-order valence-electron chi connectivity index (χ3n) is 2.84. The van der Waals surface area contributed by atoms with Gasteiger partial charge in [-0.05, 0) is 17.7 Å². The van der Waals surface area contributed by atoms with E-state index in [1.807, 2.05) is 18.0 Å². The van der Waals surface area contributed by atoms with E-state index in [4.69, 9.17) is 9.47 Å². The molecule has 0 atom stereocenters. The maximum absolute atomic E-state index is 13.2. The molecule has 0 aromatic heterocycles. The highest BCUT2D eigenvalue weighted by Gasteiger charge is 2.06. The van der Waals surface area contributed by atoms with Crippen molar-refractivity contribution in [3.05, 3.63) is 35.6 Å². The molecule has 1 aromatic carbocycles. The second kappa shape index (κ2) is 12.6. The predicted molar refractivity (Wildman–Crippen MR) is 97.3 cm³/mol. The summed E-state index contributed by atoms with van der Waals surface area (Å²) < 4.78 is 23.4. The van der Waals surface area contributed by atoms with Crippen LogP contribution in [0.4, 0.5) is 4.39 Å². The summed E-state index contributed by atoms with van der Waals surface area (Å²) in [4.78, 5) is 6.13. The van der Waals surface area contributed by atoms with Gasteiger partial charge in [0.05, 0.1) is 19.8 Å². The number of guanidine groups is 1. The molecule has 0 fully saturated rings. The van der Waals surface area contributed by atoms with Gasteiger partial charge in [0, 0.05) is 34.3 Å². The van der Waals surface area contributed by atoms with Gasteiger partial charge in [0.15, 0.2) is 5.96 Å². The molecule has 126 valence electrons. The van der Waals surface area contributed by atoms with Crippen LogP contribution in [0.2, 0.25) is 0 Å². The summed E-state index contributed by atoms with van der Waals surface area (Å²) >= 11 is 0. The van der Waals surface area contributed by atoms with Gasteiger partial charge in [-0.2, -0.15) is 0 Å². The van der Waals surface area contributed by atoms with E-state index < -0.39 is 0 Å². The van der Waals surface area contributed by atoms with Gasteiger partial charge in [-0.1, -0.05) is 12.1 Å². The molecule has 0 aliphatic carbocycles. The molecule has 0 heterocycles. The molecule has 0 bridgehead atoms. The van der Waals surface area contributed by atoms with Crippen molar-refractivity contribution < 1.29 is 13.9 Å². The number of nitrogens with one attached hydrogen (secondary N) is 1. The summed E-state index contributed by atoms with van der Waals surface area (Å²) in [6, 6.07) is 6.56. The van der Waals surface area contributed by atoms with Crippen LogP contribution in [0.3, 0.4) is 0 Å². The molecule has 0 unspecified atom stereocenters. The number of benzene rings is 1. The Morgan fingerprint density at radius 3 is 2.73 bits per heavy atom. The Morgan fingerprint density at radius 2 is 2.09 bits per heavy atom. The molecule has 1 N–H and O–H groups in total.